The van der Waals surface area contributed by atoms with E-state index in [1.54, 1.807) is 6.08 Å². The normalized spacial score (nSPS) is 16.2. The molecule has 0 N–H and O–H groups in total. The van der Waals surface area contributed by atoms with Crippen molar-refractivity contribution in [1.29, 1.82) is 0 Å². The summed E-state index contributed by atoms with van der Waals surface area (Å²) in [5.74, 6) is -0.639. The van der Waals surface area contributed by atoms with Crippen LogP contribution in [0.4, 0.5) is 4.79 Å². The number of esters is 1. The first-order valence-corrected chi connectivity index (χ1v) is 9.13. The predicted octanol–water partition coefficient (Wildman–Crippen LogP) is 4.13. The van der Waals surface area contributed by atoms with Gasteiger partial charge in [0.2, 0.25) is 5.76 Å². The molecule has 3 heterocycles. The minimum atomic E-state index is -0.612. The Bertz CT molecular complexity index is 854. The summed E-state index contributed by atoms with van der Waals surface area (Å²) in [5.41, 5.74) is 0. The Morgan fingerprint density at radius 3 is 2.88 bits per heavy atom. The number of thiophene rings is 1. The molecule has 1 aliphatic heterocycles. The molecule has 6 nitrogen and oxygen atoms in total. The molecule has 124 valence electrons. The molecule has 9 heteroatoms. The van der Waals surface area contributed by atoms with Crippen LogP contribution in [0.25, 0.3) is 6.08 Å². The van der Waals surface area contributed by atoms with Gasteiger partial charge in [-0.2, -0.15) is 0 Å². The molecule has 1 saturated heterocycles. The van der Waals surface area contributed by atoms with Gasteiger partial charge in [0.25, 0.3) is 11.1 Å². The highest BCUT2D eigenvalue weighted by Gasteiger charge is 2.35. The van der Waals surface area contributed by atoms with Crippen molar-refractivity contribution in [2.24, 2.45) is 0 Å². The van der Waals surface area contributed by atoms with Gasteiger partial charge in [0, 0.05) is 14.7 Å². The average molecular weight is 428 g/mol. The zero-order valence-electron chi connectivity index (χ0n) is 12.3. The van der Waals surface area contributed by atoms with Crippen LogP contribution >= 0.6 is 39.0 Å². The number of hydrogen-bond donors (Lipinski definition) is 0. The molecule has 24 heavy (non-hydrogen) atoms. The zero-order valence-corrected chi connectivity index (χ0v) is 15.5. The van der Waals surface area contributed by atoms with Gasteiger partial charge in [-0.1, -0.05) is 0 Å². The van der Waals surface area contributed by atoms with E-state index in [9.17, 15) is 14.4 Å². The number of carbonyl (C=O) groups is 3. The van der Waals surface area contributed by atoms with Gasteiger partial charge < -0.3 is 9.15 Å². The van der Waals surface area contributed by atoms with E-state index in [4.69, 9.17) is 4.42 Å². The van der Waals surface area contributed by atoms with E-state index in [0.717, 1.165) is 26.0 Å². The van der Waals surface area contributed by atoms with Crippen molar-refractivity contribution in [3.8, 4) is 0 Å². The molecule has 3 rings (SSSR count). The van der Waals surface area contributed by atoms with Gasteiger partial charge in [0.15, 0.2) is 0 Å². The first kappa shape index (κ1) is 17.0. The summed E-state index contributed by atoms with van der Waals surface area (Å²) in [7, 11) is 1.24. The average Bonchev–Trinajstić information content (AvgIpc) is 3.24. The molecule has 0 aromatic carbocycles. The largest absolute Gasteiger partial charge is 0.463 e. The van der Waals surface area contributed by atoms with Crippen LogP contribution in [0, 0.1) is 0 Å². The number of rotatable bonds is 4. The van der Waals surface area contributed by atoms with E-state index in [0.29, 0.717) is 10.7 Å². The van der Waals surface area contributed by atoms with Crippen LogP contribution in [-0.2, 0) is 16.1 Å². The quantitative estimate of drug-likeness (QED) is 0.539. The molecule has 0 atom stereocenters. The monoisotopic (exact) mass is 427 g/mol. The van der Waals surface area contributed by atoms with E-state index in [2.05, 4.69) is 20.7 Å². The summed E-state index contributed by atoms with van der Waals surface area (Å²) in [6.45, 7) is -0.0346. The summed E-state index contributed by atoms with van der Waals surface area (Å²) < 4.78 is 10.8. The van der Waals surface area contributed by atoms with Crippen LogP contribution in [0.15, 0.2) is 37.4 Å². The van der Waals surface area contributed by atoms with E-state index < -0.39 is 5.97 Å². The van der Waals surface area contributed by atoms with E-state index in [-0.39, 0.29) is 23.5 Å². The molecule has 1 fully saturated rings. The lowest BCUT2D eigenvalue weighted by Gasteiger charge is -2.09. The summed E-state index contributed by atoms with van der Waals surface area (Å²) in [6, 6.07) is 4.85. The minimum Gasteiger partial charge on any atom is -0.463 e. The van der Waals surface area contributed by atoms with Crippen LogP contribution in [0.2, 0.25) is 0 Å². The van der Waals surface area contributed by atoms with E-state index >= 15 is 0 Å². The smallest absolute Gasteiger partial charge is 0.373 e. The Hall–Kier alpha value is -1.84. The lowest BCUT2D eigenvalue weighted by atomic mass is 10.3. The number of imide groups is 1. The molecule has 2 aromatic rings. The number of methoxy groups -OCH3 is 1. The van der Waals surface area contributed by atoms with Gasteiger partial charge in [-0.3, -0.25) is 14.5 Å². The second-order valence-corrected chi connectivity index (χ2v) is 7.54. The van der Waals surface area contributed by atoms with Crippen molar-refractivity contribution >= 4 is 62.2 Å². The highest BCUT2D eigenvalue weighted by molar-refractivity contribution is 9.10. The molecule has 0 saturated carbocycles. The van der Waals surface area contributed by atoms with Crippen molar-refractivity contribution in [3.63, 3.8) is 0 Å². The standard InChI is InChI=1S/C15H10BrNO5S2/c1-21-14(19)11-3-2-9(22-11)6-17-13(18)12(24-15(17)20)5-10-4-8(16)7-23-10/h2-5,7H,6H2,1H3/b12-5+. The van der Waals surface area contributed by atoms with Gasteiger partial charge in [-0.25, -0.2) is 4.79 Å². The van der Waals surface area contributed by atoms with Crippen LogP contribution < -0.4 is 0 Å². The van der Waals surface area contributed by atoms with Crippen LogP contribution in [0.1, 0.15) is 21.2 Å². The molecule has 0 radical (unpaired) electrons. The summed E-state index contributed by atoms with van der Waals surface area (Å²) in [4.78, 5) is 38.2. The van der Waals surface area contributed by atoms with Crippen molar-refractivity contribution in [3.05, 3.63) is 49.4 Å². The number of hydrogen-bond acceptors (Lipinski definition) is 7. The number of thioether (sulfide) groups is 1. The fourth-order valence-corrected chi connectivity index (χ4v) is 4.28. The molecule has 1 aliphatic rings. The Morgan fingerprint density at radius 1 is 1.42 bits per heavy atom. The van der Waals surface area contributed by atoms with Crippen LogP contribution in [0.5, 0.6) is 0 Å². The highest BCUT2D eigenvalue weighted by atomic mass is 79.9. The predicted molar refractivity (Wildman–Crippen MR) is 93.6 cm³/mol. The van der Waals surface area contributed by atoms with E-state index in [1.807, 2.05) is 11.4 Å². The maximum atomic E-state index is 12.4. The third-order valence-electron chi connectivity index (χ3n) is 3.10. The molecular formula is C15H10BrNO5S2. The van der Waals surface area contributed by atoms with Gasteiger partial charge in [0.1, 0.15) is 5.76 Å². The fourth-order valence-electron chi connectivity index (χ4n) is 2.00. The first-order valence-electron chi connectivity index (χ1n) is 6.64. The number of amides is 2. The Labute approximate surface area is 153 Å². The third-order valence-corrected chi connectivity index (χ3v) is 5.64. The number of halogens is 1. The Balaban J connectivity index is 1.76. The molecule has 0 unspecified atom stereocenters. The molecule has 0 spiro atoms. The first-order chi connectivity index (χ1) is 11.5. The minimum absolute atomic E-state index is 0.0263. The zero-order chi connectivity index (χ0) is 17.3. The summed E-state index contributed by atoms with van der Waals surface area (Å²) in [5, 5.41) is 1.52. The Kier molecular flexibility index (Phi) is 4.93. The van der Waals surface area contributed by atoms with Crippen molar-refractivity contribution in [2.75, 3.05) is 7.11 Å². The van der Waals surface area contributed by atoms with Gasteiger partial charge >= 0.3 is 5.97 Å². The van der Waals surface area contributed by atoms with E-state index in [1.165, 1.54) is 30.6 Å². The topological polar surface area (TPSA) is 76.8 Å². The van der Waals surface area contributed by atoms with Crippen molar-refractivity contribution < 1.29 is 23.5 Å². The second kappa shape index (κ2) is 6.96. The number of ether oxygens (including phenoxy) is 1. The number of furan rings is 1. The van der Waals surface area contributed by atoms with Gasteiger partial charge in [0.05, 0.1) is 18.6 Å². The summed E-state index contributed by atoms with van der Waals surface area (Å²) in [6.07, 6.45) is 1.68. The fraction of sp³-hybridized carbons (Fsp3) is 0.133. The highest BCUT2D eigenvalue weighted by Crippen LogP contribution is 2.34. The number of carbonyl (C=O) groups excluding carboxylic acids is 3. The lowest BCUT2D eigenvalue weighted by Crippen LogP contribution is -2.27. The third kappa shape index (κ3) is 3.47. The summed E-state index contributed by atoms with van der Waals surface area (Å²) >= 11 is 5.69. The van der Waals surface area contributed by atoms with Crippen molar-refractivity contribution in [1.82, 2.24) is 4.90 Å². The maximum Gasteiger partial charge on any atom is 0.373 e. The number of nitrogens with zero attached hydrogens (tertiary/aromatic N) is 1. The second-order valence-electron chi connectivity index (χ2n) is 4.69. The molecule has 2 aromatic heterocycles. The lowest BCUT2D eigenvalue weighted by molar-refractivity contribution is -0.123. The van der Waals surface area contributed by atoms with Gasteiger partial charge in [-0.05, 0) is 52.0 Å². The molecule has 0 aliphatic carbocycles. The van der Waals surface area contributed by atoms with Crippen LogP contribution in [-0.4, -0.2) is 29.1 Å². The maximum absolute atomic E-state index is 12.4. The van der Waals surface area contributed by atoms with Crippen molar-refractivity contribution in [2.45, 2.75) is 6.54 Å². The molecular weight excluding hydrogens is 418 g/mol. The van der Waals surface area contributed by atoms with Crippen LogP contribution in [0.3, 0.4) is 0 Å². The Morgan fingerprint density at radius 2 is 2.21 bits per heavy atom. The molecule has 2 amide bonds. The molecule has 0 bridgehead atoms. The van der Waals surface area contributed by atoms with Gasteiger partial charge in [-0.15, -0.1) is 11.3 Å². The SMILES string of the molecule is COC(=O)c1ccc(CN2C(=O)S/C(=C/c3cc(Br)cs3)C2=O)o1.